The van der Waals surface area contributed by atoms with E-state index >= 15 is 0 Å². The van der Waals surface area contributed by atoms with Gasteiger partial charge in [0, 0.05) is 25.6 Å². The van der Waals surface area contributed by atoms with Crippen LogP contribution in [0, 0.1) is 5.92 Å². The predicted molar refractivity (Wildman–Crippen MR) is 72.6 cm³/mol. The lowest BCUT2D eigenvalue weighted by Gasteiger charge is -2.19. The summed E-state index contributed by atoms with van der Waals surface area (Å²) in [7, 11) is 0. The Labute approximate surface area is 116 Å². The van der Waals surface area contributed by atoms with E-state index < -0.39 is 5.97 Å². The summed E-state index contributed by atoms with van der Waals surface area (Å²) in [6, 6.07) is 7.05. The van der Waals surface area contributed by atoms with Crippen LogP contribution in [0.4, 0.5) is 0 Å². The first-order valence-corrected chi connectivity index (χ1v) is 6.67. The number of carbonyl (C=O) groups is 1. The zero-order valence-electron chi connectivity index (χ0n) is 11.0. The number of phenolic OH excluding ortho intramolecular Hbond substituents is 1. The lowest BCUT2D eigenvalue weighted by Crippen LogP contribution is -2.25. The summed E-state index contributed by atoms with van der Waals surface area (Å²) in [4.78, 5) is 15.6. The molecule has 1 unspecified atom stereocenters. The van der Waals surface area contributed by atoms with Crippen molar-refractivity contribution in [3.8, 4) is 5.75 Å². The molecule has 0 spiro atoms. The van der Waals surface area contributed by atoms with Crippen LogP contribution in [-0.2, 0) is 24.2 Å². The number of benzene rings is 1. The third-order valence-electron chi connectivity index (χ3n) is 3.73. The summed E-state index contributed by atoms with van der Waals surface area (Å²) in [5, 5.41) is 18.3. The van der Waals surface area contributed by atoms with Crippen molar-refractivity contribution in [1.82, 2.24) is 9.55 Å². The van der Waals surface area contributed by atoms with Gasteiger partial charge in [0.1, 0.15) is 11.6 Å². The van der Waals surface area contributed by atoms with E-state index in [-0.39, 0.29) is 11.7 Å². The van der Waals surface area contributed by atoms with Gasteiger partial charge in [-0.2, -0.15) is 0 Å². The molecule has 0 amide bonds. The first-order valence-electron chi connectivity index (χ1n) is 6.67. The second-order valence-corrected chi connectivity index (χ2v) is 5.21. The summed E-state index contributed by atoms with van der Waals surface area (Å²) in [5.41, 5.74) is 2.02. The molecule has 0 aliphatic carbocycles. The number of imidazole rings is 1. The van der Waals surface area contributed by atoms with Crippen molar-refractivity contribution >= 4 is 5.97 Å². The Bertz CT molecular complexity index is 631. The van der Waals surface area contributed by atoms with Gasteiger partial charge in [-0.25, -0.2) is 4.98 Å². The van der Waals surface area contributed by atoms with Gasteiger partial charge in [-0.15, -0.1) is 0 Å². The third-order valence-corrected chi connectivity index (χ3v) is 3.73. The predicted octanol–water partition coefficient (Wildman–Crippen LogP) is 1.83. The quantitative estimate of drug-likeness (QED) is 0.893. The van der Waals surface area contributed by atoms with E-state index in [4.69, 9.17) is 5.11 Å². The molecular weight excluding hydrogens is 256 g/mol. The number of carboxylic acids is 1. The van der Waals surface area contributed by atoms with Gasteiger partial charge < -0.3 is 14.8 Å². The number of aryl methyl sites for hydroxylation is 1. The van der Waals surface area contributed by atoms with Crippen LogP contribution in [0.15, 0.2) is 30.5 Å². The fourth-order valence-corrected chi connectivity index (χ4v) is 2.61. The molecule has 20 heavy (non-hydrogen) atoms. The minimum atomic E-state index is -0.737. The molecule has 2 aromatic rings. The Hall–Kier alpha value is -2.30. The average Bonchev–Trinajstić information content (AvgIpc) is 2.82. The maximum atomic E-state index is 11.0. The number of aromatic hydroxyl groups is 1. The van der Waals surface area contributed by atoms with Gasteiger partial charge in [0.15, 0.2) is 0 Å². The molecule has 5 nitrogen and oxygen atoms in total. The molecule has 1 aromatic heterocycles. The molecular formula is C15H16N2O3. The van der Waals surface area contributed by atoms with Crippen molar-refractivity contribution in [2.24, 2.45) is 5.92 Å². The molecule has 1 aromatic carbocycles. The topological polar surface area (TPSA) is 75.3 Å². The van der Waals surface area contributed by atoms with E-state index in [0.29, 0.717) is 19.3 Å². The first-order chi connectivity index (χ1) is 9.61. The Kier molecular flexibility index (Phi) is 3.18. The molecule has 3 rings (SSSR count). The second kappa shape index (κ2) is 5.00. The third kappa shape index (κ3) is 2.52. The molecule has 0 saturated carbocycles. The Balaban J connectivity index is 1.77. The molecule has 104 valence electrons. The van der Waals surface area contributed by atoms with Gasteiger partial charge in [0.05, 0.1) is 11.6 Å². The zero-order valence-corrected chi connectivity index (χ0v) is 11.0. The molecule has 0 bridgehead atoms. The van der Waals surface area contributed by atoms with Gasteiger partial charge in [-0.05, 0) is 24.1 Å². The summed E-state index contributed by atoms with van der Waals surface area (Å²) in [6.07, 6.45) is 3.86. The maximum Gasteiger partial charge on any atom is 0.307 e. The van der Waals surface area contributed by atoms with Gasteiger partial charge in [0.25, 0.3) is 0 Å². The smallest absolute Gasteiger partial charge is 0.307 e. The lowest BCUT2D eigenvalue weighted by atomic mass is 9.98. The van der Waals surface area contributed by atoms with Crippen molar-refractivity contribution in [2.45, 2.75) is 25.8 Å². The van der Waals surface area contributed by atoms with Crippen LogP contribution >= 0.6 is 0 Å². The number of nitrogens with zero attached hydrogens (tertiary/aromatic N) is 2. The second-order valence-electron chi connectivity index (χ2n) is 5.21. The Morgan fingerprint density at radius 3 is 2.80 bits per heavy atom. The molecule has 2 N–H and O–H groups in total. The van der Waals surface area contributed by atoms with Crippen molar-refractivity contribution in [3.05, 3.63) is 47.5 Å². The Morgan fingerprint density at radius 1 is 1.35 bits per heavy atom. The van der Waals surface area contributed by atoms with Gasteiger partial charge in [-0.1, -0.05) is 12.1 Å². The zero-order chi connectivity index (χ0) is 14.1. The Morgan fingerprint density at radius 2 is 2.10 bits per heavy atom. The number of aromatic nitrogens is 2. The summed E-state index contributed by atoms with van der Waals surface area (Å²) >= 11 is 0. The van der Waals surface area contributed by atoms with Crippen LogP contribution in [0.1, 0.15) is 23.5 Å². The van der Waals surface area contributed by atoms with Crippen molar-refractivity contribution in [2.75, 3.05) is 0 Å². The van der Waals surface area contributed by atoms with Gasteiger partial charge in [-0.3, -0.25) is 4.79 Å². The van der Waals surface area contributed by atoms with Crippen LogP contribution in [0.2, 0.25) is 0 Å². The molecule has 5 heteroatoms. The molecule has 1 aliphatic rings. The number of hydrogen-bond acceptors (Lipinski definition) is 3. The number of hydrogen-bond donors (Lipinski definition) is 2. The summed E-state index contributed by atoms with van der Waals surface area (Å²) < 4.78 is 2.05. The van der Waals surface area contributed by atoms with Crippen LogP contribution in [0.5, 0.6) is 5.75 Å². The summed E-state index contributed by atoms with van der Waals surface area (Å²) in [6.45, 7) is 0.717. The van der Waals surface area contributed by atoms with E-state index in [1.807, 2.05) is 18.3 Å². The maximum absolute atomic E-state index is 11.0. The highest BCUT2D eigenvalue weighted by Gasteiger charge is 2.25. The lowest BCUT2D eigenvalue weighted by molar-refractivity contribution is -0.142. The molecule has 0 fully saturated rings. The van der Waals surface area contributed by atoms with Crippen molar-refractivity contribution in [3.63, 3.8) is 0 Å². The first kappa shape index (κ1) is 12.7. The van der Waals surface area contributed by atoms with Crippen LogP contribution in [0.3, 0.4) is 0 Å². The standard InChI is InChI=1S/C15H16N2O3/c18-13-3-1-10(2-4-13)7-12-9-17-6-5-11(15(19)20)8-14(17)16-12/h1-4,9,11,18H,5-8H2,(H,19,20). The molecule has 1 atom stereocenters. The fraction of sp³-hybridized carbons (Fsp3) is 0.333. The highest BCUT2D eigenvalue weighted by Crippen LogP contribution is 2.22. The molecule has 0 saturated heterocycles. The average molecular weight is 272 g/mol. The molecule has 2 heterocycles. The SMILES string of the molecule is O=C(O)C1CCn2cc(Cc3ccc(O)cc3)nc2C1. The van der Waals surface area contributed by atoms with Crippen LogP contribution < -0.4 is 0 Å². The summed E-state index contributed by atoms with van der Waals surface area (Å²) in [5.74, 6) is 0.0605. The number of aliphatic carboxylic acids is 1. The van der Waals surface area contributed by atoms with Gasteiger partial charge in [0.2, 0.25) is 0 Å². The normalized spacial score (nSPS) is 17.7. The van der Waals surface area contributed by atoms with Crippen LogP contribution in [-0.4, -0.2) is 25.7 Å². The largest absolute Gasteiger partial charge is 0.508 e. The number of phenols is 1. The van der Waals surface area contributed by atoms with E-state index in [1.54, 1.807) is 12.1 Å². The van der Waals surface area contributed by atoms with E-state index in [1.165, 1.54) is 0 Å². The molecule has 1 aliphatic heterocycles. The minimum absolute atomic E-state index is 0.252. The number of carboxylic acid groups (broad SMARTS) is 1. The fourth-order valence-electron chi connectivity index (χ4n) is 2.61. The van der Waals surface area contributed by atoms with Gasteiger partial charge >= 0.3 is 5.97 Å². The monoisotopic (exact) mass is 272 g/mol. The highest BCUT2D eigenvalue weighted by molar-refractivity contribution is 5.70. The van der Waals surface area contributed by atoms with E-state index in [2.05, 4.69) is 9.55 Å². The minimum Gasteiger partial charge on any atom is -0.508 e. The van der Waals surface area contributed by atoms with E-state index in [0.717, 1.165) is 23.6 Å². The highest BCUT2D eigenvalue weighted by atomic mass is 16.4. The molecule has 0 radical (unpaired) electrons. The number of rotatable bonds is 3. The number of fused-ring (bicyclic) bond motifs is 1. The van der Waals surface area contributed by atoms with Crippen molar-refractivity contribution in [1.29, 1.82) is 0 Å². The van der Waals surface area contributed by atoms with E-state index in [9.17, 15) is 9.90 Å². The van der Waals surface area contributed by atoms with Crippen LogP contribution in [0.25, 0.3) is 0 Å². The van der Waals surface area contributed by atoms with Crippen molar-refractivity contribution < 1.29 is 15.0 Å².